The van der Waals surface area contributed by atoms with Gasteiger partial charge in [-0.25, -0.2) is 0 Å². The highest BCUT2D eigenvalue weighted by molar-refractivity contribution is 5.93. The topological polar surface area (TPSA) is 241 Å². The summed E-state index contributed by atoms with van der Waals surface area (Å²) in [5, 5.41) is 16.3. The molecule has 0 aromatic heterocycles. The van der Waals surface area contributed by atoms with Gasteiger partial charge >= 0.3 is 5.97 Å². The van der Waals surface area contributed by atoms with Crippen LogP contribution in [0.25, 0.3) is 0 Å². The quantitative estimate of drug-likeness (QED) is 0.0731. The van der Waals surface area contributed by atoms with Crippen LogP contribution in [0.1, 0.15) is 46.0 Å². The molecule has 0 spiro atoms. The number of unbranched alkanes of at least 4 members (excludes halogenated alkanes) is 1. The lowest BCUT2D eigenvalue weighted by Crippen LogP contribution is -2.56. The number of hydrogen-bond donors (Lipinski definition) is 8. The SMILES string of the molecule is C[C@H](NC(=O)[C@H](CCCN=C(N)N)NC(=O)[C@H](C)NC(=O)[C@@H](N)CCCCN)C(=O)O. The van der Waals surface area contributed by atoms with E-state index in [0.717, 1.165) is 6.42 Å². The van der Waals surface area contributed by atoms with E-state index in [-0.39, 0.29) is 18.9 Å². The number of nitrogens with one attached hydrogen (secondary N) is 3. The lowest BCUT2D eigenvalue weighted by Gasteiger charge is -2.23. The van der Waals surface area contributed by atoms with Gasteiger partial charge in [-0.2, -0.15) is 0 Å². The summed E-state index contributed by atoms with van der Waals surface area (Å²) in [4.78, 5) is 51.8. The van der Waals surface area contributed by atoms with Crippen LogP contribution in [-0.4, -0.2) is 72.0 Å². The molecule has 31 heavy (non-hydrogen) atoms. The number of nitrogens with zero attached hydrogens (tertiary/aromatic N) is 1. The molecular weight excluding hydrogens is 408 g/mol. The Bertz CT molecular complexity index is 638. The second-order valence-electron chi connectivity index (χ2n) is 7.20. The van der Waals surface area contributed by atoms with Crippen LogP contribution >= 0.6 is 0 Å². The van der Waals surface area contributed by atoms with Crippen molar-refractivity contribution in [1.82, 2.24) is 16.0 Å². The molecule has 0 aliphatic rings. The molecule has 13 heteroatoms. The number of carboxylic acid groups (broad SMARTS) is 1. The Balaban J connectivity index is 4.93. The predicted molar refractivity (Wildman–Crippen MR) is 116 cm³/mol. The molecule has 0 rings (SSSR count). The highest BCUT2D eigenvalue weighted by Gasteiger charge is 2.27. The van der Waals surface area contributed by atoms with Crippen LogP contribution in [-0.2, 0) is 19.2 Å². The lowest BCUT2D eigenvalue weighted by atomic mass is 10.1. The number of carbonyl (C=O) groups is 4. The number of aliphatic imine (C=N–C) groups is 1. The number of amides is 3. The van der Waals surface area contributed by atoms with E-state index in [2.05, 4.69) is 20.9 Å². The van der Waals surface area contributed by atoms with Gasteiger partial charge in [0.25, 0.3) is 0 Å². The highest BCUT2D eigenvalue weighted by Crippen LogP contribution is 2.02. The van der Waals surface area contributed by atoms with Crippen molar-refractivity contribution >= 4 is 29.7 Å². The highest BCUT2D eigenvalue weighted by atomic mass is 16.4. The monoisotopic (exact) mass is 444 g/mol. The first-order valence-corrected chi connectivity index (χ1v) is 10.1. The van der Waals surface area contributed by atoms with Crippen molar-refractivity contribution in [2.75, 3.05) is 13.1 Å². The minimum absolute atomic E-state index is 0.108. The molecule has 0 heterocycles. The summed E-state index contributed by atoms with van der Waals surface area (Å²) in [7, 11) is 0. The van der Waals surface area contributed by atoms with E-state index >= 15 is 0 Å². The van der Waals surface area contributed by atoms with Gasteiger partial charge in [0.2, 0.25) is 17.7 Å². The van der Waals surface area contributed by atoms with Crippen LogP contribution < -0.4 is 38.9 Å². The van der Waals surface area contributed by atoms with Gasteiger partial charge in [0.1, 0.15) is 18.1 Å². The summed E-state index contributed by atoms with van der Waals surface area (Å²) in [5.74, 6) is -3.11. The number of hydrogen-bond acceptors (Lipinski definition) is 7. The third-order valence-corrected chi connectivity index (χ3v) is 4.37. The Morgan fingerprint density at radius 1 is 0.871 bits per heavy atom. The average Bonchev–Trinajstić information content (AvgIpc) is 2.69. The molecule has 0 unspecified atom stereocenters. The summed E-state index contributed by atoms with van der Waals surface area (Å²) >= 11 is 0. The van der Waals surface area contributed by atoms with Gasteiger partial charge in [-0.05, 0) is 46.1 Å². The van der Waals surface area contributed by atoms with Crippen molar-refractivity contribution in [3.8, 4) is 0 Å². The first kappa shape index (κ1) is 28.1. The molecule has 12 N–H and O–H groups in total. The van der Waals surface area contributed by atoms with E-state index in [9.17, 15) is 19.2 Å². The van der Waals surface area contributed by atoms with Crippen LogP contribution in [0.3, 0.4) is 0 Å². The van der Waals surface area contributed by atoms with Gasteiger partial charge in [-0.15, -0.1) is 0 Å². The molecule has 0 bridgehead atoms. The molecule has 0 saturated heterocycles. The van der Waals surface area contributed by atoms with E-state index in [0.29, 0.717) is 25.8 Å². The molecule has 0 aromatic carbocycles. The second kappa shape index (κ2) is 15.0. The van der Waals surface area contributed by atoms with Gasteiger partial charge in [0.05, 0.1) is 6.04 Å². The van der Waals surface area contributed by atoms with Gasteiger partial charge in [-0.3, -0.25) is 24.2 Å². The van der Waals surface area contributed by atoms with Gasteiger partial charge in [0, 0.05) is 6.54 Å². The molecule has 0 aromatic rings. The zero-order valence-corrected chi connectivity index (χ0v) is 18.1. The normalized spacial score (nSPS) is 14.5. The smallest absolute Gasteiger partial charge is 0.325 e. The predicted octanol–water partition coefficient (Wildman–Crippen LogP) is -2.92. The molecule has 3 amide bonds. The first-order chi connectivity index (χ1) is 14.5. The van der Waals surface area contributed by atoms with Crippen LogP contribution in [0, 0.1) is 0 Å². The van der Waals surface area contributed by atoms with Crippen molar-refractivity contribution in [3.63, 3.8) is 0 Å². The Hall–Kier alpha value is -2.93. The zero-order valence-electron chi connectivity index (χ0n) is 18.1. The van der Waals surface area contributed by atoms with Crippen molar-refractivity contribution in [1.29, 1.82) is 0 Å². The maximum absolute atomic E-state index is 12.5. The fraction of sp³-hybridized carbons (Fsp3) is 0.722. The van der Waals surface area contributed by atoms with Gasteiger partial charge in [0.15, 0.2) is 5.96 Å². The van der Waals surface area contributed by atoms with Crippen molar-refractivity contribution in [2.45, 2.75) is 70.1 Å². The Labute approximate surface area is 181 Å². The maximum Gasteiger partial charge on any atom is 0.325 e. The summed E-state index contributed by atoms with van der Waals surface area (Å²) in [6.07, 6.45) is 2.36. The maximum atomic E-state index is 12.5. The lowest BCUT2D eigenvalue weighted by molar-refractivity contribution is -0.141. The third kappa shape index (κ3) is 12.4. The Morgan fingerprint density at radius 3 is 2.03 bits per heavy atom. The molecule has 0 aliphatic carbocycles. The first-order valence-electron chi connectivity index (χ1n) is 10.1. The largest absolute Gasteiger partial charge is 0.480 e. The third-order valence-electron chi connectivity index (χ3n) is 4.37. The molecule has 0 radical (unpaired) electrons. The standard InChI is InChI=1S/C18H36N8O5/c1-10(24-15(28)12(20)6-3-4-8-19)14(27)26-13(7-5-9-23-18(21)22)16(29)25-11(2)17(30)31/h10-13H,3-9,19-20H2,1-2H3,(H,24,28)(H,25,29)(H,26,27)(H,30,31)(H4,21,22,23)/t10-,11-,12-,13-/m0/s1. The number of guanidine groups is 1. The summed E-state index contributed by atoms with van der Waals surface area (Å²) < 4.78 is 0. The van der Waals surface area contributed by atoms with Crippen LogP contribution in [0.5, 0.6) is 0 Å². The second-order valence-corrected chi connectivity index (χ2v) is 7.20. The molecule has 0 aliphatic heterocycles. The van der Waals surface area contributed by atoms with E-state index < -0.39 is 47.9 Å². The molecule has 178 valence electrons. The average molecular weight is 445 g/mol. The summed E-state index contributed by atoms with van der Waals surface area (Å²) in [6.45, 7) is 3.47. The van der Waals surface area contributed by atoms with Crippen LogP contribution in [0.15, 0.2) is 4.99 Å². The van der Waals surface area contributed by atoms with E-state index in [1.54, 1.807) is 0 Å². The summed E-state index contributed by atoms with van der Waals surface area (Å²) in [6, 6.07) is -3.93. The Morgan fingerprint density at radius 2 is 1.48 bits per heavy atom. The number of rotatable bonds is 15. The van der Waals surface area contributed by atoms with Crippen molar-refractivity contribution in [3.05, 3.63) is 0 Å². The number of carboxylic acids is 1. The van der Waals surface area contributed by atoms with Crippen LogP contribution in [0.2, 0.25) is 0 Å². The fourth-order valence-electron chi connectivity index (χ4n) is 2.47. The molecular formula is C18H36N8O5. The Kier molecular flexibility index (Phi) is 13.5. The number of aliphatic carboxylic acids is 1. The van der Waals surface area contributed by atoms with Crippen LogP contribution in [0.4, 0.5) is 0 Å². The van der Waals surface area contributed by atoms with Gasteiger partial charge < -0.3 is 44.0 Å². The van der Waals surface area contributed by atoms with E-state index in [1.807, 2.05) is 0 Å². The van der Waals surface area contributed by atoms with E-state index in [4.69, 9.17) is 28.0 Å². The molecule has 0 fully saturated rings. The van der Waals surface area contributed by atoms with Crippen molar-refractivity contribution < 1.29 is 24.3 Å². The van der Waals surface area contributed by atoms with E-state index in [1.165, 1.54) is 13.8 Å². The van der Waals surface area contributed by atoms with Gasteiger partial charge in [-0.1, -0.05) is 6.42 Å². The fourth-order valence-corrected chi connectivity index (χ4v) is 2.47. The zero-order chi connectivity index (χ0) is 24.0. The minimum atomic E-state index is -1.22. The molecule has 13 nitrogen and oxygen atoms in total. The number of nitrogens with two attached hydrogens (primary N) is 4. The molecule has 0 saturated carbocycles. The number of carbonyl (C=O) groups excluding carboxylic acids is 3. The summed E-state index contributed by atoms with van der Waals surface area (Å²) in [5.41, 5.74) is 21.7. The minimum Gasteiger partial charge on any atom is -0.480 e. The van der Waals surface area contributed by atoms with Crippen molar-refractivity contribution in [2.24, 2.45) is 27.9 Å². The molecule has 4 atom stereocenters.